The summed E-state index contributed by atoms with van der Waals surface area (Å²) >= 11 is 0. The Morgan fingerprint density at radius 1 is 1.53 bits per heavy atom. The lowest BCUT2D eigenvalue weighted by Gasteiger charge is -2.31. The van der Waals surface area contributed by atoms with Gasteiger partial charge in [0.05, 0.1) is 6.61 Å². The molecule has 15 heavy (non-hydrogen) atoms. The minimum atomic E-state index is -0.550. The molecule has 2 fully saturated rings. The van der Waals surface area contributed by atoms with Crippen LogP contribution in [0, 0.1) is 17.8 Å². The second-order valence-electron chi connectivity index (χ2n) is 4.33. The highest BCUT2D eigenvalue weighted by atomic mass is 16.5. The van der Waals surface area contributed by atoms with E-state index >= 15 is 0 Å². The van der Waals surface area contributed by atoms with Gasteiger partial charge in [0.15, 0.2) is 0 Å². The van der Waals surface area contributed by atoms with Crippen molar-refractivity contribution >= 4 is 11.9 Å². The molecule has 84 valence electrons. The number of ether oxygens (including phenoxy) is 1. The first kappa shape index (κ1) is 10.5. The van der Waals surface area contributed by atoms with Gasteiger partial charge in [-0.3, -0.25) is 9.59 Å². The van der Waals surface area contributed by atoms with Crippen LogP contribution >= 0.6 is 0 Å². The van der Waals surface area contributed by atoms with E-state index in [0.29, 0.717) is 12.5 Å². The molecule has 2 rings (SSSR count). The van der Waals surface area contributed by atoms with Gasteiger partial charge in [0, 0.05) is 6.54 Å². The van der Waals surface area contributed by atoms with E-state index in [1.165, 1.54) is 0 Å². The maximum absolute atomic E-state index is 11.7. The van der Waals surface area contributed by atoms with E-state index < -0.39 is 5.92 Å². The fraction of sp³-hybridized carbons (Fsp3) is 0.818. The molecule has 1 aliphatic carbocycles. The minimum absolute atomic E-state index is 0.142. The normalized spacial score (nSPS) is 34.5. The average molecular weight is 211 g/mol. The second kappa shape index (κ2) is 4.21. The van der Waals surface area contributed by atoms with Crippen molar-refractivity contribution in [2.75, 3.05) is 13.2 Å². The minimum Gasteiger partial charge on any atom is -0.465 e. The predicted molar refractivity (Wildman–Crippen MR) is 54.0 cm³/mol. The van der Waals surface area contributed by atoms with Crippen molar-refractivity contribution in [3.05, 3.63) is 0 Å². The smallest absolute Gasteiger partial charge is 0.318 e. The molecule has 0 aromatic carbocycles. The van der Waals surface area contributed by atoms with E-state index in [-0.39, 0.29) is 17.8 Å². The summed E-state index contributed by atoms with van der Waals surface area (Å²) in [4.78, 5) is 23.3. The van der Waals surface area contributed by atoms with Gasteiger partial charge >= 0.3 is 5.97 Å². The van der Waals surface area contributed by atoms with E-state index in [9.17, 15) is 9.59 Å². The van der Waals surface area contributed by atoms with Crippen molar-refractivity contribution < 1.29 is 14.3 Å². The lowest BCUT2D eigenvalue weighted by Crippen LogP contribution is -2.49. The molecule has 0 spiro atoms. The molecule has 2 aliphatic rings. The first-order valence-corrected chi connectivity index (χ1v) is 5.68. The van der Waals surface area contributed by atoms with Gasteiger partial charge < -0.3 is 10.1 Å². The Labute approximate surface area is 89.4 Å². The van der Waals surface area contributed by atoms with Crippen LogP contribution in [0.2, 0.25) is 0 Å². The average Bonchev–Trinajstić information content (AvgIpc) is 2.65. The number of fused-ring (bicyclic) bond motifs is 1. The van der Waals surface area contributed by atoms with Gasteiger partial charge in [-0.05, 0) is 31.6 Å². The quantitative estimate of drug-likeness (QED) is 0.540. The molecule has 1 N–H and O–H groups in total. The van der Waals surface area contributed by atoms with E-state index in [2.05, 4.69) is 5.32 Å². The molecule has 3 atom stereocenters. The highest BCUT2D eigenvalue weighted by molar-refractivity contribution is 5.98. The number of carbonyl (C=O) groups excluding carboxylic acids is 2. The van der Waals surface area contributed by atoms with Gasteiger partial charge in [0.2, 0.25) is 5.91 Å². The fourth-order valence-electron chi connectivity index (χ4n) is 2.81. The van der Waals surface area contributed by atoms with Crippen LogP contribution in [-0.4, -0.2) is 25.0 Å². The number of hydrogen-bond donors (Lipinski definition) is 1. The molecule has 1 saturated carbocycles. The number of hydrogen-bond acceptors (Lipinski definition) is 3. The molecular weight excluding hydrogens is 194 g/mol. The summed E-state index contributed by atoms with van der Waals surface area (Å²) in [6.07, 6.45) is 3.24. The summed E-state index contributed by atoms with van der Waals surface area (Å²) in [7, 11) is 0. The molecule has 4 nitrogen and oxygen atoms in total. The topological polar surface area (TPSA) is 55.4 Å². The van der Waals surface area contributed by atoms with Crippen molar-refractivity contribution in [2.45, 2.75) is 26.2 Å². The van der Waals surface area contributed by atoms with Crippen molar-refractivity contribution in [1.29, 1.82) is 0 Å². The zero-order chi connectivity index (χ0) is 10.8. The lowest BCUT2D eigenvalue weighted by atomic mass is 9.80. The van der Waals surface area contributed by atoms with Gasteiger partial charge in [-0.15, -0.1) is 0 Å². The monoisotopic (exact) mass is 211 g/mol. The molecule has 0 radical (unpaired) electrons. The van der Waals surface area contributed by atoms with Crippen molar-refractivity contribution in [3.8, 4) is 0 Å². The van der Waals surface area contributed by atoms with Gasteiger partial charge in [-0.1, -0.05) is 6.42 Å². The summed E-state index contributed by atoms with van der Waals surface area (Å²) in [5, 5.41) is 2.80. The number of nitrogens with one attached hydrogen (secondary N) is 1. The first-order valence-electron chi connectivity index (χ1n) is 5.68. The largest absolute Gasteiger partial charge is 0.465 e. The maximum Gasteiger partial charge on any atom is 0.318 e. The Bertz CT molecular complexity index is 277. The SMILES string of the molecule is CCOC(=O)[C@H]1C(=O)NC[C@H]2CCC[C@@H]21. The Morgan fingerprint density at radius 3 is 3.07 bits per heavy atom. The van der Waals surface area contributed by atoms with E-state index in [1.807, 2.05) is 0 Å². The van der Waals surface area contributed by atoms with Gasteiger partial charge in [-0.2, -0.15) is 0 Å². The molecule has 0 bridgehead atoms. The van der Waals surface area contributed by atoms with Crippen LogP contribution in [-0.2, 0) is 14.3 Å². The summed E-state index contributed by atoms with van der Waals surface area (Å²) in [5.74, 6) is -0.329. The fourth-order valence-corrected chi connectivity index (χ4v) is 2.81. The van der Waals surface area contributed by atoms with Crippen LogP contribution in [0.25, 0.3) is 0 Å². The standard InChI is InChI=1S/C11H17NO3/c1-2-15-11(14)9-8-5-3-4-7(8)6-12-10(9)13/h7-9H,2-6H2,1H3,(H,12,13)/t7-,8+,9-/m1/s1. The van der Waals surface area contributed by atoms with Crippen LogP contribution in [0.3, 0.4) is 0 Å². The molecule has 0 aromatic rings. The summed E-state index contributed by atoms with van der Waals surface area (Å²) in [6.45, 7) is 2.85. The summed E-state index contributed by atoms with van der Waals surface area (Å²) in [6, 6.07) is 0. The molecule has 1 heterocycles. The maximum atomic E-state index is 11.7. The molecule has 4 heteroatoms. The van der Waals surface area contributed by atoms with E-state index in [0.717, 1.165) is 25.8 Å². The third kappa shape index (κ3) is 1.85. The van der Waals surface area contributed by atoms with Gasteiger partial charge in [0.25, 0.3) is 0 Å². The van der Waals surface area contributed by atoms with Crippen LogP contribution in [0.5, 0.6) is 0 Å². The Kier molecular flexibility index (Phi) is 2.93. The highest BCUT2D eigenvalue weighted by Gasteiger charge is 2.45. The van der Waals surface area contributed by atoms with Crippen molar-refractivity contribution in [2.24, 2.45) is 17.8 Å². The molecular formula is C11H17NO3. The van der Waals surface area contributed by atoms with Crippen LogP contribution in [0.4, 0.5) is 0 Å². The van der Waals surface area contributed by atoms with Gasteiger partial charge in [0.1, 0.15) is 5.92 Å². The number of carbonyl (C=O) groups is 2. The highest BCUT2D eigenvalue weighted by Crippen LogP contribution is 2.39. The molecule has 1 saturated heterocycles. The number of piperidine rings is 1. The lowest BCUT2D eigenvalue weighted by molar-refractivity contribution is -0.156. The van der Waals surface area contributed by atoms with Crippen molar-refractivity contribution in [1.82, 2.24) is 5.32 Å². The molecule has 1 amide bonds. The van der Waals surface area contributed by atoms with Crippen molar-refractivity contribution in [3.63, 3.8) is 0 Å². The third-order valence-corrected chi connectivity index (χ3v) is 3.51. The zero-order valence-corrected chi connectivity index (χ0v) is 8.99. The predicted octanol–water partition coefficient (Wildman–Crippen LogP) is 0.712. The molecule has 1 aliphatic heterocycles. The van der Waals surface area contributed by atoms with E-state index in [4.69, 9.17) is 4.74 Å². The molecule has 0 aromatic heterocycles. The second-order valence-corrected chi connectivity index (χ2v) is 4.33. The van der Waals surface area contributed by atoms with E-state index in [1.54, 1.807) is 6.92 Å². The number of rotatable bonds is 2. The molecule has 0 unspecified atom stereocenters. The van der Waals surface area contributed by atoms with Crippen LogP contribution in [0.1, 0.15) is 26.2 Å². The van der Waals surface area contributed by atoms with Crippen LogP contribution < -0.4 is 5.32 Å². The Morgan fingerprint density at radius 2 is 2.33 bits per heavy atom. The Balaban J connectivity index is 2.11. The number of esters is 1. The Hall–Kier alpha value is -1.06. The first-order chi connectivity index (χ1) is 7.24. The summed E-state index contributed by atoms with van der Waals surface area (Å²) in [5.41, 5.74) is 0. The third-order valence-electron chi connectivity index (χ3n) is 3.51. The summed E-state index contributed by atoms with van der Waals surface area (Å²) < 4.78 is 4.96. The van der Waals surface area contributed by atoms with Gasteiger partial charge in [-0.25, -0.2) is 0 Å². The van der Waals surface area contributed by atoms with Crippen LogP contribution in [0.15, 0.2) is 0 Å². The zero-order valence-electron chi connectivity index (χ0n) is 8.99. The number of amides is 1.